The molecule has 2 aromatic rings. The number of H-pyrrole nitrogens is 1. The zero-order valence-corrected chi connectivity index (χ0v) is 17.3. The van der Waals surface area contributed by atoms with Gasteiger partial charge in [-0.3, -0.25) is 10.00 Å². The van der Waals surface area contributed by atoms with Gasteiger partial charge in [0.2, 0.25) is 0 Å². The maximum atomic E-state index is 4.78. The summed E-state index contributed by atoms with van der Waals surface area (Å²) >= 11 is 0. The Morgan fingerprint density at radius 3 is 2.75 bits per heavy atom. The molecule has 1 aliphatic rings. The van der Waals surface area contributed by atoms with Crippen molar-refractivity contribution in [3.8, 4) is 11.4 Å². The molecule has 0 unspecified atom stereocenters. The van der Waals surface area contributed by atoms with Crippen molar-refractivity contribution in [2.75, 3.05) is 26.2 Å². The van der Waals surface area contributed by atoms with Crippen molar-refractivity contribution in [3.05, 3.63) is 36.2 Å². The smallest absolute Gasteiger partial charge is 0.191 e. The van der Waals surface area contributed by atoms with Crippen LogP contribution in [0.4, 0.5) is 0 Å². The maximum Gasteiger partial charge on any atom is 0.191 e. The fourth-order valence-electron chi connectivity index (χ4n) is 3.58. The molecular formula is C21H33N7. The first-order chi connectivity index (χ1) is 13.6. The number of piperidine rings is 1. The molecule has 0 radical (unpaired) electrons. The maximum absolute atomic E-state index is 4.78. The van der Waals surface area contributed by atoms with E-state index in [9.17, 15) is 0 Å². The summed E-state index contributed by atoms with van der Waals surface area (Å²) in [6.07, 6.45) is 5.49. The highest BCUT2D eigenvalue weighted by Gasteiger charge is 2.27. The average Bonchev–Trinajstić information content (AvgIpc) is 3.26. The second-order valence-corrected chi connectivity index (χ2v) is 7.94. The quantitative estimate of drug-likeness (QED) is 0.506. The Morgan fingerprint density at radius 2 is 2.04 bits per heavy atom. The van der Waals surface area contributed by atoms with E-state index in [2.05, 4.69) is 63.6 Å². The molecule has 0 bridgehead atoms. The highest BCUT2D eigenvalue weighted by molar-refractivity contribution is 5.79. The van der Waals surface area contributed by atoms with Gasteiger partial charge in [-0.05, 0) is 58.3 Å². The molecule has 7 heteroatoms. The Kier molecular flexibility index (Phi) is 7.03. The van der Waals surface area contributed by atoms with Gasteiger partial charge in [0.15, 0.2) is 11.8 Å². The normalized spacial score (nSPS) is 16.2. The van der Waals surface area contributed by atoms with Gasteiger partial charge in [0.25, 0.3) is 0 Å². The van der Waals surface area contributed by atoms with Crippen molar-refractivity contribution >= 4 is 5.96 Å². The molecular weight excluding hydrogens is 350 g/mol. The van der Waals surface area contributed by atoms with E-state index >= 15 is 0 Å². The van der Waals surface area contributed by atoms with Gasteiger partial charge < -0.3 is 10.6 Å². The van der Waals surface area contributed by atoms with Crippen molar-refractivity contribution in [1.82, 2.24) is 30.7 Å². The highest BCUT2D eigenvalue weighted by Crippen LogP contribution is 2.20. The molecule has 1 saturated heterocycles. The van der Waals surface area contributed by atoms with Crippen LogP contribution in [0.3, 0.4) is 0 Å². The van der Waals surface area contributed by atoms with Crippen LogP contribution >= 0.6 is 0 Å². The minimum absolute atomic E-state index is 0.114. The van der Waals surface area contributed by atoms with Gasteiger partial charge in [-0.25, -0.2) is 9.98 Å². The molecule has 0 amide bonds. The summed E-state index contributed by atoms with van der Waals surface area (Å²) < 4.78 is 0. The van der Waals surface area contributed by atoms with E-state index in [0.717, 1.165) is 36.0 Å². The second-order valence-electron chi connectivity index (χ2n) is 7.94. The van der Waals surface area contributed by atoms with Gasteiger partial charge in [-0.2, -0.15) is 5.10 Å². The SMILES string of the molecule is CCNC(=NCc1cccc(-c2ncn[nH]2)c1)NCC(C)(C)N1CCCCC1. The molecule has 1 fully saturated rings. The first-order valence-corrected chi connectivity index (χ1v) is 10.3. The monoisotopic (exact) mass is 383 g/mol. The van der Waals surface area contributed by atoms with Crippen LogP contribution in [0.15, 0.2) is 35.6 Å². The van der Waals surface area contributed by atoms with E-state index < -0.39 is 0 Å². The standard InChI is InChI=1S/C21H33N7/c1-4-22-20(24-15-21(2,3)28-11-6-5-7-12-28)23-14-17-9-8-10-18(13-17)19-25-16-26-27-19/h8-10,13,16H,4-7,11-12,14-15H2,1-3H3,(H2,22,23,24)(H,25,26,27). The molecule has 0 atom stereocenters. The van der Waals surface area contributed by atoms with Crippen LogP contribution in [-0.2, 0) is 6.54 Å². The fourth-order valence-corrected chi connectivity index (χ4v) is 3.58. The molecule has 0 spiro atoms. The number of hydrogen-bond acceptors (Lipinski definition) is 4. The Bertz CT molecular complexity index is 746. The Balaban J connectivity index is 1.62. The van der Waals surface area contributed by atoms with Crippen LogP contribution in [0.25, 0.3) is 11.4 Å². The Labute approximate surface area is 168 Å². The van der Waals surface area contributed by atoms with Gasteiger partial charge >= 0.3 is 0 Å². The average molecular weight is 384 g/mol. The number of guanidine groups is 1. The summed E-state index contributed by atoms with van der Waals surface area (Å²) in [7, 11) is 0. The van der Waals surface area contributed by atoms with Crippen molar-refractivity contribution in [2.45, 2.75) is 52.1 Å². The third-order valence-corrected chi connectivity index (χ3v) is 5.28. The van der Waals surface area contributed by atoms with E-state index in [1.807, 2.05) is 12.1 Å². The zero-order chi connectivity index (χ0) is 19.8. The largest absolute Gasteiger partial charge is 0.357 e. The van der Waals surface area contributed by atoms with Gasteiger partial charge in [0, 0.05) is 24.2 Å². The van der Waals surface area contributed by atoms with Gasteiger partial charge in [-0.15, -0.1) is 0 Å². The number of likely N-dealkylation sites (tertiary alicyclic amines) is 1. The molecule has 3 N–H and O–H groups in total. The number of aromatic nitrogens is 3. The molecule has 0 saturated carbocycles. The first-order valence-electron chi connectivity index (χ1n) is 10.3. The molecule has 1 aromatic heterocycles. The lowest BCUT2D eigenvalue weighted by atomic mass is 9.98. The van der Waals surface area contributed by atoms with Crippen LogP contribution in [-0.4, -0.2) is 57.8 Å². The third kappa shape index (κ3) is 5.55. The molecule has 1 aliphatic heterocycles. The fraction of sp³-hybridized carbons (Fsp3) is 0.571. The summed E-state index contributed by atoms with van der Waals surface area (Å²) in [5.74, 6) is 1.64. The van der Waals surface area contributed by atoms with Crippen molar-refractivity contribution in [1.29, 1.82) is 0 Å². The number of rotatable bonds is 7. The van der Waals surface area contributed by atoms with Gasteiger partial charge in [0.1, 0.15) is 6.33 Å². The van der Waals surface area contributed by atoms with Crippen molar-refractivity contribution < 1.29 is 0 Å². The summed E-state index contributed by atoms with van der Waals surface area (Å²) in [6, 6.07) is 8.25. The highest BCUT2D eigenvalue weighted by atomic mass is 15.2. The van der Waals surface area contributed by atoms with E-state index in [-0.39, 0.29) is 5.54 Å². The van der Waals surface area contributed by atoms with E-state index in [1.54, 1.807) is 0 Å². The summed E-state index contributed by atoms with van der Waals surface area (Å²) in [4.78, 5) is 11.6. The Morgan fingerprint density at radius 1 is 1.21 bits per heavy atom. The summed E-state index contributed by atoms with van der Waals surface area (Å²) in [6.45, 7) is 11.4. The predicted molar refractivity (Wildman–Crippen MR) is 114 cm³/mol. The van der Waals surface area contributed by atoms with Crippen LogP contribution in [0.1, 0.15) is 45.6 Å². The predicted octanol–water partition coefficient (Wildman–Crippen LogP) is 2.79. The molecule has 2 heterocycles. The van der Waals surface area contributed by atoms with Gasteiger partial charge in [0.05, 0.1) is 6.54 Å². The lowest BCUT2D eigenvalue weighted by molar-refractivity contribution is 0.0982. The minimum atomic E-state index is 0.114. The third-order valence-electron chi connectivity index (χ3n) is 5.28. The first kappa shape index (κ1) is 20.3. The number of hydrogen-bond donors (Lipinski definition) is 3. The van der Waals surface area contributed by atoms with E-state index in [4.69, 9.17) is 4.99 Å². The number of aromatic amines is 1. The number of benzene rings is 1. The topological polar surface area (TPSA) is 81.2 Å². The van der Waals surface area contributed by atoms with E-state index in [0.29, 0.717) is 6.54 Å². The molecule has 152 valence electrons. The zero-order valence-electron chi connectivity index (χ0n) is 17.3. The molecule has 3 rings (SSSR count). The lowest BCUT2D eigenvalue weighted by Gasteiger charge is -2.41. The molecule has 1 aromatic carbocycles. The second kappa shape index (κ2) is 9.68. The van der Waals surface area contributed by atoms with Crippen LogP contribution in [0.2, 0.25) is 0 Å². The molecule has 28 heavy (non-hydrogen) atoms. The molecule has 0 aliphatic carbocycles. The number of aliphatic imine (C=N–C) groups is 1. The number of nitrogens with zero attached hydrogens (tertiary/aromatic N) is 4. The summed E-state index contributed by atoms with van der Waals surface area (Å²) in [5.41, 5.74) is 2.28. The Hall–Kier alpha value is -2.41. The minimum Gasteiger partial charge on any atom is -0.357 e. The van der Waals surface area contributed by atoms with Crippen LogP contribution in [0.5, 0.6) is 0 Å². The van der Waals surface area contributed by atoms with Gasteiger partial charge in [-0.1, -0.05) is 24.6 Å². The molecule has 7 nitrogen and oxygen atoms in total. The lowest BCUT2D eigenvalue weighted by Crippen LogP contribution is -2.54. The van der Waals surface area contributed by atoms with Crippen molar-refractivity contribution in [2.24, 2.45) is 4.99 Å². The summed E-state index contributed by atoms with van der Waals surface area (Å²) in [5, 5.41) is 13.7. The number of nitrogens with one attached hydrogen (secondary N) is 3. The van der Waals surface area contributed by atoms with E-state index in [1.165, 1.54) is 38.7 Å². The van der Waals surface area contributed by atoms with Crippen molar-refractivity contribution in [3.63, 3.8) is 0 Å². The van der Waals surface area contributed by atoms with Crippen LogP contribution < -0.4 is 10.6 Å². The van der Waals surface area contributed by atoms with Crippen LogP contribution in [0, 0.1) is 0 Å².